The van der Waals surface area contributed by atoms with Gasteiger partial charge in [0, 0.05) is 36.7 Å². The van der Waals surface area contributed by atoms with Gasteiger partial charge in [-0.25, -0.2) is 0 Å². The maximum absolute atomic E-state index is 12.7. The first-order valence-corrected chi connectivity index (χ1v) is 9.23. The van der Waals surface area contributed by atoms with Crippen LogP contribution in [-0.2, 0) is 6.42 Å². The second-order valence-electron chi connectivity index (χ2n) is 6.30. The summed E-state index contributed by atoms with van der Waals surface area (Å²) in [6.07, 6.45) is 3.58. The summed E-state index contributed by atoms with van der Waals surface area (Å²) in [5.74, 6) is -0.501. The number of nitrogens with zero attached hydrogens (tertiary/aromatic N) is 2. The van der Waals surface area contributed by atoms with Crippen LogP contribution >= 0.6 is 11.6 Å². The third-order valence-corrected chi connectivity index (χ3v) is 4.52. The Labute approximate surface area is 169 Å². The predicted molar refractivity (Wildman–Crippen MR) is 111 cm³/mol. The van der Waals surface area contributed by atoms with Gasteiger partial charge in [0.05, 0.1) is 11.1 Å². The number of amides is 2. The number of carbonyl (C=O) groups excluding carboxylic acids is 2. The van der Waals surface area contributed by atoms with Crippen LogP contribution in [0.3, 0.4) is 0 Å². The Balaban J connectivity index is 1.63. The van der Waals surface area contributed by atoms with E-state index >= 15 is 0 Å². The third kappa shape index (κ3) is 4.96. The fraction of sp³-hybridized carbons (Fsp3) is 0.136. The Morgan fingerprint density at radius 1 is 1.00 bits per heavy atom. The molecular weight excluding hydrogens is 374 g/mol. The standard InChI is InChI=1S/C22H20ClN3O2/c1-26(20-8-3-2-4-9-20)22(28)18-13-17(14-24-15-18)21(27)25-11-10-16-6-5-7-19(23)12-16/h2-9,12-15H,10-11H2,1H3,(H,25,27). The SMILES string of the molecule is CN(C(=O)c1cncc(C(=O)NCCc2cccc(Cl)c2)c1)c1ccccc1. The molecule has 0 aliphatic carbocycles. The van der Waals surface area contributed by atoms with E-state index in [9.17, 15) is 9.59 Å². The highest BCUT2D eigenvalue weighted by molar-refractivity contribution is 6.30. The van der Waals surface area contributed by atoms with E-state index in [0.717, 1.165) is 11.3 Å². The third-order valence-electron chi connectivity index (χ3n) is 4.28. The molecule has 1 aromatic heterocycles. The highest BCUT2D eigenvalue weighted by Gasteiger charge is 2.16. The molecule has 3 aromatic rings. The number of rotatable bonds is 6. The summed E-state index contributed by atoms with van der Waals surface area (Å²) in [4.78, 5) is 30.7. The van der Waals surface area contributed by atoms with Crippen molar-refractivity contribution in [3.05, 3.63) is 94.8 Å². The number of nitrogens with one attached hydrogen (secondary N) is 1. The largest absolute Gasteiger partial charge is 0.352 e. The van der Waals surface area contributed by atoms with Gasteiger partial charge in [0.15, 0.2) is 0 Å². The van der Waals surface area contributed by atoms with Crippen LogP contribution in [0.5, 0.6) is 0 Å². The zero-order chi connectivity index (χ0) is 19.9. The minimum Gasteiger partial charge on any atom is -0.352 e. The van der Waals surface area contributed by atoms with Gasteiger partial charge >= 0.3 is 0 Å². The average molecular weight is 394 g/mol. The van der Waals surface area contributed by atoms with Gasteiger partial charge in [-0.05, 0) is 42.3 Å². The lowest BCUT2D eigenvalue weighted by atomic mass is 10.1. The number of hydrogen-bond donors (Lipinski definition) is 1. The highest BCUT2D eigenvalue weighted by Crippen LogP contribution is 2.15. The van der Waals surface area contributed by atoms with Gasteiger partial charge in [-0.15, -0.1) is 0 Å². The molecule has 142 valence electrons. The molecule has 0 atom stereocenters. The number of anilines is 1. The van der Waals surface area contributed by atoms with E-state index in [1.54, 1.807) is 13.1 Å². The smallest absolute Gasteiger partial charge is 0.259 e. The van der Waals surface area contributed by atoms with E-state index < -0.39 is 0 Å². The molecule has 0 saturated heterocycles. The van der Waals surface area contributed by atoms with Gasteiger partial charge < -0.3 is 10.2 Å². The fourth-order valence-corrected chi connectivity index (χ4v) is 2.97. The Hall–Kier alpha value is -3.18. The first-order chi connectivity index (χ1) is 13.5. The molecule has 0 radical (unpaired) electrons. The quantitative estimate of drug-likeness (QED) is 0.688. The van der Waals surface area contributed by atoms with Crippen molar-refractivity contribution in [1.82, 2.24) is 10.3 Å². The second-order valence-corrected chi connectivity index (χ2v) is 6.73. The van der Waals surface area contributed by atoms with Crippen molar-refractivity contribution >= 4 is 29.1 Å². The summed E-state index contributed by atoms with van der Waals surface area (Å²) in [5.41, 5.74) is 2.51. The summed E-state index contributed by atoms with van der Waals surface area (Å²) in [6.45, 7) is 0.460. The van der Waals surface area contributed by atoms with Crippen LogP contribution in [0, 0.1) is 0 Å². The van der Waals surface area contributed by atoms with Crippen molar-refractivity contribution in [1.29, 1.82) is 0 Å². The number of para-hydroxylation sites is 1. The monoisotopic (exact) mass is 393 g/mol. The van der Waals surface area contributed by atoms with E-state index in [4.69, 9.17) is 11.6 Å². The predicted octanol–water partition coefficient (Wildman–Crippen LogP) is 3.98. The maximum Gasteiger partial charge on any atom is 0.259 e. The molecule has 0 spiro atoms. The molecule has 5 nitrogen and oxygen atoms in total. The van der Waals surface area contributed by atoms with E-state index in [0.29, 0.717) is 29.1 Å². The highest BCUT2D eigenvalue weighted by atomic mass is 35.5. The van der Waals surface area contributed by atoms with Crippen LogP contribution in [0.25, 0.3) is 0 Å². The van der Waals surface area contributed by atoms with Gasteiger partial charge in [0.1, 0.15) is 0 Å². The molecule has 0 saturated carbocycles. The lowest BCUT2D eigenvalue weighted by molar-refractivity contribution is 0.0953. The first kappa shape index (κ1) is 19.6. The van der Waals surface area contributed by atoms with Gasteiger partial charge in [0.2, 0.25) is 0 Å². The molecule has 3 rings (SSSR count). The fourth-order valence-electron chi connectivity index (χ4n) is 2.76. The molecule has 0 fully saturated rings. The lowest BCUT2D eigenvalue weighted by Crippen LogP contribution is -2.28. The summed E-state index contributed by atoms with van der Waals surface area (Å²) < 4.78 is 0. The van der Waals surface area contributed by atoms with E-state index in [1.165, 1.54) is 17.3 Å². The Morgan fingerprint density at radius 3 is 2.50 bits per heavy atom. The van der Waals surface area contributed by atoms with E-state index in [1.807, 2.05) is 54.6 Å². The lowest BCUT2D eigenvalue weighted by Gasteiger charge is -2.17. The summed E-state index contributed by atoms with van der Waals surface area (Å²) in [6, 6.07) is 18.4. The number of aromatic nitrogens is 1. The molecule has 0 aliphatic heterocycles. The molecule has 0 unspecified atom stereocenters. The number of carbonyl (C=O) groups is 2. The molecule has 1 N–H and O–H groups in total. The van der Waals surface area contributed by atoms with Crippen LogP contribution < -0.4 is 10.2 Å². The van der Waals surface area contributed by atoms with Crippen LogP contribution in [0.4, 0.5) is 5.69 Å². The molecule has 1 heterocycles. The van der Waals surface area contributed by atoms with Crippen molar-refractivity contribution in [2.75, 3.05) is 18.5 Å². The summed E-state index contributed by atoms with van der Waals surface area (Å²) in [7, 11) is 1.69. The van der Waals surface area contributed by atoms with E-state index in [-0.39, 0.29) is 11.8 Å². The van der Waals surface area contributed by atoms with Crippen LogP contribution in [-0.4, -0.2) is 30.4 Å². The van der Waals surface area contributed by atoms with Gasteiger partial charge in [-0.3, -0.25) is 14.6 Å². The molecule has 0 aliphatic rings. The molecule has 28 heavy (non-hydrogen) atoms. The molecule has 2 aromatic carbocycles. The van der Waals surface area contributed by atoms with Crippen molar-refractivity contribution in [3.63, 3.8) is 0 Å². The molecular formula is C22H20ClN3O2. The zero-order valence-electron chi connectivity index (χ0n) is 15.4. The Bertz CT molecular complexity index is 976. The molecule has 0 bridgehead atoms. The Kier molecular flexibility index (Phi) is 6.40. The number of hydrogen-bond acceptors (Lipinski definition) is 3. The van der Waals surface area contributed by atoms with Gasteiger partial charge in [0.25, 0.3) is 11.8 Å². The molecule has 6 heteroatoms. The minimum atomic E-state index is -0.272. The van der Waals surface area contributed by atoms with Crippen LogP contribution in [0.15, 0.2) is 73.1 Å². The van der Waals surface area contributed by atoms with E-state index in [2.05, 4.69) is 10.3 Å². The first-order valence-electron chi connectivity index (χ1n) is 8.85. The second kappa shape index (κ2) is 9.15. The van der Waals surface area contributed by atoms with Crippen LogP contribution in [0.2, 0.25) is 5.02 Å². The number of halogens is 1. The van der Waals surface area contributed by atoms with Crippen molar-refractivity contribution < 1.29 is 9.59 Å². The maximum atomic E-state index is 12.7. The van der Waals surface area contributed by atoms with Crippen molar-refractivity contribution in [3.8, 4) is 0 Å². The number of pyridine rings is 1. The van der Waals surface area contributed by atoms with Crippen molar-refractivity contribution in [2.45, 2.75) is 6.42 Å². The Morgan fingerprint density at radius 2 is 1.75 bits per heavy atom. The summed E-state index contributed by atoms with van der Waals surface area (Å²) in [5, 5.41) is 3.52. The normalized spacial score (nSPS) is 10.4. The van der Waals surface area contributed by atoms with Gasteiger partial charge in [-0.2, -0.15) is 0 Å². The van der Waals surface area contributed by atoms with Crippen LogP contribution in [0.1, 0.15) is 26.3 Å². The minimum absolute atomic E-state index is 0.229. The zero-order valence-corrected chi connectivity index (χ0v) is 16.2. The average Bonchev–Trinajstić information content (AvgIpc) is 2.73. The molecule has 2 amide bonds. The summed E-state index contributed by atoms with van der Waals surface area (Å²) >= 11 is 5.97. The number of benzene rings is 2. The van der Waals surface area contributed by atoms with Gasteiger partial charge in [-0.1, -0.05) is 41.9 Å². The van der Waals surface area contributed by atoms with Crippen molar-refractivity contribution in [2.24, 2.45) is 0 Å². The topological polar surface area (TPSA) is 62.3 Å².